The summed E-state index contributed by atoms with van der Waals surface area (Å²) in [6.07, 6.45) is 1.11. The predicted molar refractivity (Wildman–Crippen MR) is 67.1 cm³/mol. The Labute approximate surface area is 98.3 Å². The monoisotopic (exact) mass is 219 g/mol. The molecule has 1 aromatic carbocycles. The van der Waals surface area contributed by atoms with E-state index in [-0.39, 0.29) is 5.91 Å². The smallest absolute Gasteiger partial charge is 0.219 e. The fourth-order valence-electron chi connectivity index (χ4n) is 1.64. The second-order valence-electron chi connectivity index (χ2n) is 4.79. The average Bonchev–Trinajstić information content (AvgIpc) is 2.20. The van der Waals surface area contributed by atoms with E-state index in [0.29, 0.717) is 12.5 Å². The van der Waals surface area contributed by atoms with Crippen LogP contribution in [0, 0.1) is 5.92 Å². The van der Waals surface area contributed by atoms with Gasteiger partial charge in [0.2, 0.25) is 5.91 Å². The zero-order valence-electron chi connectivity index (χ0n) is 10.7. The largest absolute Gasteiger partial charge is 0.342 e. The number of hydrogen-bond acceptors (Lipinski definition) is 1. The zero-order chi connectivity index (χ0) is 12.1. The molecule has 0 radical (unpaired) electrons. The van der Waals surface area contributed by atoms with Crippen LogP contribution in [-0.4, -0.2) is 17.9 Å². The Balaban J connectivity index is 2.61. The maximum absolute atomic E-state index is 11.1. The Kier molecular flexibility index (Phi) is 4.53. The van der Waals surface area contributed by atoms with Gasteiger partial charge in [0.15, 0.2) is 0 Å². The quantitative estimate of drug-likeness (QED) is 0.762. The lowest BCUT2D eigenvalue weighted by molar-refractivity contribution is -0.128. The summed E-state index contributed by atoms with van der Waals surface area (Å²) < 4.78 is 0. The van der Waals surface area contributed by atoms with Crippen molar-refractivity contribution in [1.29, 1.82) is 0 Å². The summed E-state index contributed by atoms with van der Waals surface area (Å²) in [7, 11) is 1.82. The molecule has 0 saturated carbocycles. The number of carbonyl (C=O) groups is 1. The van der Waals surface area contributed by atoms with Gasteiger partial charge in [0.25, 0.3) is 0 Å². The maximum atomic E-state index is 11.1. The SMILES string of the molecule is CC(=O)N(C)Cc1ccc(CC(C)C)cc1. The van der Waals surface area contributed by atoms with Crippen LogP contribution in [0.3, 0.4) is 0 Å². The fourth-order valence-corrected chi connectivity index (χ4v) is 1.64. The normalized spacial score (nSPS) is 10.6. The van der Waals surface area contributed by atoms with Crippen LogP contribution in [0.25, 0.3) is 0 Å². The molecule has 1 aromatic rings. The lowest BCUT2D eigenvalue weighted by atomic mass is 10.0. The molecule has 88 valence electrons. The van der Waals surface area contributed by atoms with Crippen LogP contribution < -0.4 is 0 Å². The number of rotatable bonds is 4. The second kappa shape index (κ2) is 5.69. The Morgan fingerprint density at radius 1 is 1.19 bits per heavy atom. The fraction of sp³-hybridized carbons (Fsp3) is 0.500. The van der Waals surface area contributed by atoms with Crippen molar-refractivity contribution in [3.8, 4) is 0 Å². The molecule has 0 heterocycles. The van der Waals surface area contributed by atoms with Crippen molar-refractivity contribution in [2.75, 3.05) is 7.05 Å². The van der Waals surface area contributed by atoms with Crippen LogP contribution in [0.5, 0.6) is 0 Å². The van der Waals surface area contributed by atoms with Gasteiger partial charge in [-0.25, -0.2) is 0 Å². The first-order chi connectivity index (χ1) is 7.49. The number of hydrogen-bond donors (Lipinski definition) is 0. The molecule has 0 aliphatic rings. The number of amides is 1. The Morgan fingerprint density at radius 3 is 2.12 bits per heavy atom. The summed E-state index contributed by atoms with van der Waals surface area (Å²) >= 11 is 0. The Bertz CT molecular complexity index is 340. The van der Waals surface area contributed by atoms with Crippen LogP contribution >= 0.6 is 0 Å². The molecule has 16 heavy (non-hydrogen) atoms. The second-order valence-corrected chi connectivity index (χ2v) is 4.79. The van der Waals surface area contributed by atoms with Crippen molar-refractivity contribution in [1.82, 2.24) is 4.90 Å². The summed E-state index contributed by atoms with van der Waals surface area (Å²) in [5, 5.41) is 0. The molecule has 0 spiro atoms. The van der Waals surface area contributed by atoms with E-state index in [0.717, 1.165) is 6.42 Å². The van der Waals surface area contributed by atoms with Crippen LogP contribution in [0.2, 0.25) is 0 Å². The van der Waals surface area contributed by atoms with Crippen molar-refractivity contribution in [2.24, 2.45) is 5.92 Å². The van der Waals surface area contributed by atoms with Crippen LogP contribution in [0.15, 0.2) is 24.3 Å². The topological polar surface area (TPSA) is 20.3 Å². The summed E-state index contributed by atoms with van der Waals surface area (Å²) in [6, 6.07) is 8.53. The molecule has 0 fully saturated rings. The van der Waals surface area contributed by atoms with E-state index in [4.69, 9.17) is 0 Å². The van der Waals surface area contributed by atoms with Crippen molar-refractivity contribution >= 4 is 5.91 Å². The molecule has 1 rings (SSSR count). The van der Waals surface area contributed by atoms with Crippen LogP contribution in [-0.2, 0) is 17.8 Å². The zero-order valence-corrected chi connectivity index (χ0v) is 10.7. The van der Waals surface area contributed by atoms with Gasteiger partial charge in [-0.3, -0.25) is 4.79 Å². The minimum atomic E-state index is 0.103. The molecule has 0 aliphatic carbocycles. The van der Waals surface area contributed by atoms with E-state index in [2.05, 4.69) is 38.1 Å². The first kappa shape index (κ1) is 12.8. The molecular weight excluding hydrogens is 198 g/mol. The molecule has 0 saturated heterocycles. The van der Waals surface area contributed by atoms with Crippen molar-refractivity contribution in [3.05, 3.63) is 35.4 Å². The molecule has 0 aromatic heterocycles. The van der Waals surface area contributed by atoms with Gasteiger partial charge < -0.3 is 4.90 Å². The third-order valence-electron chi connectivity index (χ3n) is 2.62. The predicted octanol–water partition coefficient (Wildman–Crippen LogP) is 2.86. The molecule has 0 atom stereocenters. The summed E-state index contributed by atoms with van der Waals surface area (Å²) in [6.45, 7) is 6.72. The Hall–Kier alpha value is -1.31. The first-order valence-electron chi connectivity index (χ1n) is 5.78. The molecule has 1 amide bonds. The van der Waals surface area contributed by atoms with Gasteiger partial charge >= 0.3 is 0 Å². The van der Waals surface area contributed by atoms with Gasteiger partial charge in [0, 0.05) is 20.5 Å². The lowest BCUT2D eigenvalue weighted by Gasteiger charge is -2.15. The van der Waals surface area contributed by atoms with Gasteiger partial charge in [0.1, 0.15) is 0 Å². The highest BCUT2D eigenvalue weighted by molar-refractivity contribution is 5.72. The summed E-state index contributed by atoms with van der Waals surface area (Å²) in [5.41, 5.74) is 2.55. The number of benzene rings is 1. The molecule has 2 heteroatoms. The number of nitrogens with zero attached hydrogens (tertiary/aromatic N) is 1. The third kappa shape index (κ3) is 4.05. The van der Waals surface area contributed by atoms with Crippen molar-refractivity contribution < 1.29 is 4.79 Å². The van der Waals surface area contributed by atoms with E-state index in [9.17, 15) is 4.79 Å². The number of carbonyl (C=O) groups excluding carboxylic acids is 1. The van der Waals surface area contributed by atoms with E-state index >= 15 is 0 Å². The van der Waals surface area contributed by atoms with E-state index < -0.39 is 0 Å². The third-order valence-corrected chi connectivity index (χ3v) is 2.62. The van der Waals surface area contributed by atoms with Crippen molar-refractivity contribution in [3.63, 3.8) is 0 Å². The van der Waals surface area contributed by atoms with Gasteiger partial charge in [-0.1, -0.05) is 38.1 Å². The molecule has 0 N–H and O–H groups in total. The van der Waals surface area contributed by atoms with Gasteiger partial charge in [0.05, 0.1) is 0 Å². The van der Waals surface area contributed by atoms with Crippen LogP contribution in [0.4, 0.5) is 0 Å². The van der Waals surface area contributed by atoms with E-state index in [1.54, 1.807) is 11.8 Å². The van der Waals surface area contributed by atoms with E-state index in [1.165, 1.54) is 11.1 Å². The lowest BCUT2D eigenvalue weighted by Crippen LogP contribution is -2.22. The Morgan fingerprint density at radius 2 is 1.69 bits per heavy atom. The van der Waals surface area contributed by atoms with Gasteiger partial charge in [-0.05, 0) is 23.5 Å². The standard InChI is InChI=1S/C14H21NO/c1-11(2)9-13-5-7-14(8-6-13)10-15(4)12(3)16/h5-8,11H,9-10H2,1-4H3. The van der Waals surface area contributed by atoms with Crippen molar-refractivity contribution in [2.45, 2.75) is 33.7 Å². The molecule has 0 unspecified atom stereocenters. The van der Waals surface area contributed by atoms with Gasteiger partial charge in [-0.2, -0.15) is 0 Å². The van der Waals surface area contributed by atoms with E-state index in [1.807, 2.05) is 7.05 Å². The summed E-state index contributed by atoms with van der Waals surface area (Å²) in [4.78, 5) is 12.8. The maximum Gasteiger partial charge on any atom is 0.219 e. The molecule has 2 nitrogen and oxygen atoms in total. The first-order valence-corrected chi connectivity index (χ1v) is 5.78. The molecule has 0 bridgehead atoms. The highest BCUT2D eigenvalue weighted by Gasteiger charge is 2.03. The average molecular weight is 219 g/mol. The summed E-state index contributed by atoms with van der Waals surface area (Å²) in [5.74, 6) is 0.789. The minimum Gasteiger partial charge on any atom is -0.342 e. The van der Waals surface area contributed by atoms with Crippen LogP contribution in [0.1, 0.15) is 31.9 Å². The highest BCUT2D eigenvalue weighted by Crippen LogP contribution is 2.11. The highest BCUT2D eigenvalue weighted by atomic mass is 16.2. The minimum absolute atomic E-state index is 0.103. The van der Waals surface area contributed by atoms with Gasteiger partial charge in [-0.15, -0.1) is 0 Å². The molecular formula is C14H21NO. The molecule has 0 aliphatic heterocycles.